The van der Waals surface area contributed by atoms with Gasteiger partial charge in [-0.2, -0.15) is 0 Å². The highest BCUT2D eigenvalue weighted by molar-refractivity contribution is 8.15. The van der Waals surface area contributed by atoms with Gasteiger partial charge in [-0.3, -0.25) is 4.79 Å². The van der Waals surface area contributed by atoms with E-state index in [2.05, 4.69) is 16.9 Å². The Labute approximate surface area is 109 Å². The van der Waals surface area contributed by atoms with E-state index in [4.69, 9.17) is 17.3 Å². The van der Waals surface area contributed by atoms with Crippen LogP contribution in [0.2, 0.25) is 5.02 Å². The van der Waals surface area contributed by atoms with Crippen molar-refractivity contribution in [2.45, 2.75) is 0 Å². The Morgan fingerprint density at radius 2 is 2.35 bits per heavy atom. The lowest BCUT2D eigenvalue weighted by Gasteiger charge is -2.08. The van der Waals surface area contributed by atoms with E-state index in [0.717, 1.165) is 0 Å². The zero-order chi connectivity index (χ0) is 12.8. The van der Waals surface area contributed by atoms with Gasteiger partial charge in [-0.15, -0.1) is 11.8 Å². The molecule has 0 aliphatic heterocycles. The van der Waals surface area contributed by atoms with Crippen molar-refractivity contribution in [3.05, 3.63) is 36.0 Å². The van der Waals surface area contributed by atoms with E-state index in [9.17, 15) is 4.79 Å². The van der Waals surface area contributed by atoms with Crippen LogP contribution in [0.5, 0.6) is 0 Å². The number of hydrogen-bond acceptors (Lipinski definition) is 4. The van der Waals surface area contributed by atoms with Gasteiger partial charge in [0.25, 0.3) is 5.91 Å². The second-order valence-electron chi connectivity index (χ2n) is 3.01. The van der Waals surface area contributed by atoms with Gasteiger partial charge in [0, 0.05) is 11.9 Å². The van der Waals surface area contributed by atoms with E-state index in [1.165, 1.54) is 18.0 Å². The molecule has 0 unspecified atom stereocenters. The first-order chi connectivity index (χ1) is 8.08. The summed E-state index contributed by atoms with van der Waals surface area (Å²) < 4.78 is 0. The maximum atomic E-state index is 11.8. The van der Waals surface area contributed by atoms with Gasteiger partial charge in [-0.1, -0.05) is 18.2 Å². The van der Waals surface area contributed by atoms with Crippen LogP contribution in [0, 0.1) is 0 Å². The van der Waals surface area contributed by atoms with Gasteiger partial charge >= 0.3 is 0 Å². The van der Waals surface area contributed by atoms with E-state index in [1.54, 1.807) is 24.5 Å². The smallest absolute Gasteiger partial charge is 0.280 e. The van der Waals surface area contributed by atoms with Gasteiger partial charge in [0.1, 0.15) is 0 Å². The highest BCUT2D eigenvalue weighted by Gasteiger charge is 2.11. The zero-order valence-electron chi connectivity index (χ0n) is 9.24. The fraction of sp³-hybridized carbons (Fsp3) is 0.0909. The van der Waals surface area contributed by atoms with E-state index in [1.807, 2.05) is 0 Å². The van der Waals surface area contributed by atoms with Crippen LogP contribution < -0.4 is 11.1 Å². The van der Waals surface area contributed by atoms with Crippen LogP contribution in [0.25, 0.3) is 0 Å². The molecule has 0 saturated carbocycles. The van der Waals surface area contributed by atoms with Crippen LogP contribution in [0.4, 0.5) is 11.4 Å². The molecule has 0 radical (unpaired) electrons. The molecule has 0 bridgehead atoms. The van der Waals surface area contributed by atoms with Crippen molar-refractivity contribution in [3.8, 4) is 0 Å². The van der Waals surface area contributed by atoms with Crippen LogP contribution in [0.3, 0.4) is 0 Å². The minimum absolute atomic E-state index is 0.304. The molecule has 3 N–H and O–H groups in total. The maximum absolute atomic E-state index is 11.8. The zero-order valence-corrected chi connectivity index (χ0v) is 10.8. The fourth-order valence-corrected chi connectivity index (χ4v) is 1.68. The predicted octanol–water partition coefficient (Wildman–Crippen LogP) is 2.77. The Kier molecular flexibility index (Phi) is 5.06. The first kappa shape index (κ1) is 13.6. The Morgan fingerprint density at radius 1 is 1.65 bits per heavy atom. The second-order valence-corrected chi connectivity index (χ2v) is 4.22. The molecule has 0 heterocycles. The molecule has 1 amide bonds. The van der Waals surface area contributed by atoms with Gasteiger partial charge in [-0.05, 0) is 24.5 Å². The average Bonchev–Trinajstić information content (AvgIpc) is 2.30. The number of nitrogen functional groups attached to an aromatic ring is 1. The number of carbonyl (C=O) groups is 1. The summed E-state index contributed by atoms with van der Waals surface area (Å²) in [6.07, 6.45) is 3.06. The lowest BCUT2D eigenvalue weighted by molar-refractivity contribution is -0.110. The van der Waals surface area contributed by atoms with Crippen molar-refractivity contribution in [3.63, 3.8) is 0 Å². The Morgan fingerprint density at radius 3 is 2.94 bits per heavy atom. The molecule has 90 valence electrons. The number of halogens is 1. The SMILES string of the molecule is C=C/N=C(\SC)C(=O)Nc1cc(N)ccc1Cl. The molecule has 1 aromatic rings. The maximum Gasteiger partial charge on any atom is 0.280 e. The van der Waals surface area contributed by atoms with Gasteiger partial charge < -0.3 is 11.1 Å². The summed E-state index contributed by atoms with van der Waals surface area (Å²) in [6, 6.07) is 4.87. The van der Waals surface area contributed by atoms with E-state index >= 15 is 0 Å². The molecule has 17 heavy (non-hydrogen) atoms. The molecule has 0 aliphatic rings. The van der Waals surface area contributed by atoms with Gasteiger partial charge in [0.05, 0.1) is 10.7 Å². The number of nitrogens with zero attached hydrogens (tertiary/aromatic N) is 1. The summed E-state index contributed by atoms with van der Waals surface area (Å²) >= 11 is 7.15. The van der Waals surface area contributed by atoms with Gasteiger partial charge in [0.2, 0.25) is 0 Å². The lowest BCUT2D eigenvalue weighted by Crippen LogP contribution is -2.20. The number of aliphatic imine (C=N–C) groups is 1. The number of hydrogen-bond donors (Lipinski definition) is 2. The van der Waals surface area contributed by atoms with Crippen LogP contribution >= 0.6 is 23.4 Å². The molecule has 0 atom stereocenters. The third-order valence-corrected chi connectivity index (χ3v) is 2.84. The second kappa shape index (κ2) is 6.32. The average molecular weight is 270 g/mol. The fourth-order valence-electron chi connectivity index (χ4n) is 1.10. The minimum atomic E-state index is -0.343. The summed E-state index contributed by atoms with van der Waals surface area (Å²) in [6.45, 7) is 3.44. The van der Waals surface area contributed by atoms with E-state index in [0.29, 0.717) is 21.4 Å². The molecule has 1 rings (SSSR count). The first-order valence-corrected chi connectivity index (χ1v) is 6.27. The number of benzene rings is 1. The number of amides is 1. The van der Waals surface area contributed by atoms with Crippen molar-refractivity contribution in [2.24, 2.45) is 4.99 Å². The molecular weight excluding hydrogens is 258 g/mol. The number of rotatable bonds is 2. The molecule has 0 aliphatic carbocycles. The van der Waals surface area contributed by atoms with E-state index < -0.39 is 0 Å². The molecule has 1 aromatic carbocycles. The first-order valence-electron chi connectivity index (χ1n) is 4.67. The standard InChI is InChI=1S/C11H12ClN3OS/c1-3-14-11(17-2)10(16)15-9-6-7(13)4-5-8(9)12/h3-6H,1,13H2,2H3,(H,15,16)/b14-11-. The van der Waals surface area contributed by atoms with Crippen molar-refractivity contribution >= 4 is 45.7 Å². The van der Waals surface area contributed by atoms with Crippen molar-refractivity contribution in [1.29, 1.82) is 0 Å². The number of carbonyl (C=O) groups excluding carboxylic acids is 1. The van der Waals surface area contributed by atoms with Crippen molar-refractivity contribution < 1.29 is 4.79 Å². The van der Waals surface area contributed by atoms with Crippen LogP contribution in [0.1, 0.15) is 0 Å². The third kappa shape index (κ3) is 3.80. The molecule has 6 heteroatoms. The summed E-state index contributed by atoms with van der Waals surface area (Å²) in [5.41, 5.74) is 6.59. The Bertz CT molecular complexity index is 474. The number of anilines is 2. The molecule has 0 spiro atoms. The normalized spacial score (nSPS) is 11.1. The van der Waals surface area contributed by atoms with Gasteiger partial charge in [0.15, 0.2) is 5.04 Å². The van der Waals surface area contributed by atoms with E-state index in [-0.39, 0.29) is 5.91 Å². The van der Waals surface area contributed by atoms with Crippen LogP contribution in [-0.2, 0) is 4.79 Å². The topological polar surface area (TPSA) is 67.5 Å². The third-order valence-electron chi connectivity index (χ3n) is 1.83. The number of thioether (sulfide) groups is 1. The Hall–Kier alpha value is -1.46. The summed E-state index contributed by atoms with van der Waals surface area (Å²) in [5.74, 6) is -0.343. The largest absolute Gasteiger partial charge is 0.399 e. The predicted molar refractivity (Wildman–Crippen MR) is 75.6 cm³/mol. The summed E-state index contributed by atoms with van der Waals surface area (Å²) in [7, 11) is 0. The van der Waals surface area contributed by atoms with Crippen molar-refractivity contribution in [2.75, 3.05) is 17.3 Å². The highest BCUT2D eigenvalue weighted by Crippen LogP contribution is 2.24. The molecule has 4 nitrogen and oxygen atoms in total. The number of nitrogens with one attached hydrogen (secondary N) is 1. The summed E-state index contributed by atoms with van der Waals surface area (Å²) in [5, 5.41) is 3.36. The minimum Gasteiger partial charge on any atom is -0.399 e. The lowest BCUT2D eigenvalue weighted by atomic mass is 10.3. The van der Waals surface area contributed by atoms with Gasteiger partial charge in [-0.25, -0.2) is 4.99 Å². The van der Waals surface area contributed by atoms with Crippen LogP contribution in [-0.4, -0.2) is 17.2 Å². The molecular formula is C11H12ClN3OS. The Balaban J connectivity index is 2.91. The van der Waals surface area contributed by atoms with Crippen molar-refractivity contribution in [1.82, 2.24) is 0 Å². The quantitative estimate of drug-likeness (QED) is 0.493. The summed E-state index contributed by atoms with van der Waals surface area (Å²) in [4.78, 5) is 15.6. The number of nitrogens with two attached hydrogens (primary N) is 1. The monoisotopic (exact) mass is 269 g/mol. The highest BCUT2D eigenvalue weighted by atomic mass is 35.5. The van der Waals surface area contributed by atoms with Crippen LogP contribution in [0.15, 0.2) is 36.0 Å². The molecule has 0 saturated heterocycles. The molecule has 0 fully saturated rings. The molecule has 0 aromatic heterocycles.